The van der Waals surface area contributed by atoms with E-state index >= 15 is 0 Å². The minimum absolute atomic E-state index is 0.00519. The monoisotopic (exact) mass is 998 g/mol. The highest BCUT2D eigenvalue weighted by Crippen LogP contribution is 2.38. The molecule has 5 aromatic carbocycles. The molecule has 0 spiro atoms. The van der Waals surface area contributed by atoms with Gasteiger partial charge in [-0.15, -0.1) is 0 Å². The van der Waals surface area contributed by atoms with Crippen molar-refractivity contribution in [3.05, 3.63) is 119 Å². The number of nitrogens with two attached hydrogens (primary N) is 1. The van der Waals surface area contributed by atoms with Gasteiger partial charge in [0.05, 0.1) is 43.1 Å². The lowest BCUT2D eigenvalue weighted by molar-refractivity contribution is -0.645. The zero-order valence-corrected chi connectivity index (χ0v) is 39.8. The van der Waals surface area contributed by atoms with Crippen molar-refractivity contribution in [1.29, 1.82) is 0 Å². The van der Waals surface area contributed by atoms with E-state index in [1.165, 1.54) is 33.5 Å². The zero-order chi connectivity index (χ0) is 49.7. The summed E-state index contributed by atoms with van der Waals surface area (Å²) in [5, 5.41) is 10.2. The number of nitrogen functional groups attached to an aromatic ring is 1. The molecule has 0 bridgehead atoms. The first-order chi connectivity index (χ1) is 32.6. The summed E-state index contributed by atoms with van der Waals surface area (Å²) >= 11 is 0. The number of aliphatic carboxylic acids is 1. The lowest BCUT2D eigenvalue weighted by Gasteiger charge is -2.35. The number of para-hydroxylation sites is 2. The van der Waals surface area contributed by atoms with Gasteiger partial charge in [0.25, 0.3) is 27.7 Å². The van der Waals surface area contributed by atoms with Gasteiger partial charge in [0.2, 0.25) is 27.0 Å². The van der Waals surface area contributed by atoms with E-state index in [4.69, 9.17) is 5.73 Å². The molecule has 2 aliphatic rings. The van der Waals surface area contributed by atoms with Crippen LogP contribution in [0.2, 0.25) is 0 Å². The second-order valence-corrected chi connectivity index (χ2v) is 22.2. The van der Waals surface area contributed by atoms with Crippen molar-refractivity contribution in [2.75, 3.05) is 50.8 Å². The molecule has 4 amide bonds. The Hall–Kier alpha value is -6.85. The second-order valence-electron chi connectivity index (χ2n) is 16.9. The SMILES string of the molecule is Cc1ccc(S(=O)(=O)N(CCCC(=O)O)C(=O)c2c3ccccc3[n+](CCCS(=O)(=O)N3CCN(C(=O)CN4C(=O)c5cc(C)cc6c(N)c(S(=O)(=O)[O-])cc(c56)C4=O)CC3)c3ccccc23)cc1. The van der Waals surface area contributed by atoms with Crippen LogP contribution in [0, 0.1) is 13.8 Å². The number of anilines is 1. The molecule has 0 radical (unpaired) electrons. The fourth-order valence-corrected chi connectivity index (χ4v) is 12.5. The first-order valence-electron chi connectivity index (χ1n) is 21.7. The molecule has 19 nitrogen and oxygen atoms in total. The Bertz CT molecular complexity index is 3450. The molecule has 0 saturated carbocycles. The number of carbonyl (C=O) groups excluding carboxylic acids is 4. The first-order valence-corrected chi connectivity index (χ1v) is 26.2. The van der Waals surface area contributed by atoms with Crippen molar-refractivity contribution in [2.45, 2.75) is 49.4 Å². The van der Waals surface area contributed by atoms with Crippen LogP contribution in [0.5, 0.6) is 0 Å². The number of pyridine rings is 1. The molecule has 1 fully saturated rings. The number of rotatable bonds is 15. The summed E-state index contributed by atoms with van der Waals surface area (Å²) in [4.78, 5) is 68.2. The molecule has 6 aromatic rings. The molecule has 0 unspecified atom stereocenters. The van der Waals surface area contributed by atoms with Gasteiger partial charge in [-0.1, -0.05) is 42.0 Å². The van der Waals surface area contributed by atoms with Crippen molar-refractivity contribution in [3.8, 4) is 0 Å². The van der Waals surface area contributed by atoms with Gasteiger partial charge in [-0.2, -0.15) is 8.87 Å². The highest BCUT2D eigenvalue weighted by atomic mass is 32.2. The fraction of sp³-hybridized carbons (Fsp3) is 0.277. The van der Waals surface area contributed by atoms with Crippen molar-refractivity contribution in [1.82, 2.24) is 18.4 Å². The zero-order valence-electron chi connectivity index (χ0n) is 37.3. The first kappa shape index (κ1) is 48.6. The van der Waals surface area contributed by atoms with Gasteiger partial charge in [-0.3, -0.25) is 28.9 Å². The number of piperazine rings is 1. The van der Waals surface area contributed by atoms with Gasteiger partial charge in [0, 0.05) is 74.0 Å². The number of benzene rings is 5. The van der Waals surface area contributed by atoms with Crippen LogP contribution >= 0.6 is 0 Å². The van der Waals surface area contributed by atoms with Crippen LogP contribution < -0.4 is 10.3 Å². The van der Waals surface area contributed by atoms with E-state index in [1.54, 1.807) is 74.5 Å². The lowest BCUT2D eigenvalue weighted by atomic mass is 9.91. The van der Waals surface area contributed by atoms with Crippen LogP contribution in [0.25, 0.3) is 32.6 Å². The van der Waals surface area contributed by atoms with Crippen molar-refractivity contribution >= 4 is 98.0 Å². The summed E-state index contributed by atoms with van der Waals surface area (Å²) in [5.74, 6) is -4.81. The Balaban J connectivity index is 0.978. The Morgan fingerprint density at radius 1 is 0.754 bits per heavy atom. The van der Waals surface area contributed by atoms with Gasteiger partial charge in [0.1, 0.15) is 16.7 Å². The van der Waals surface area contributed by atoms with E-state index in [1.807, 2.05) is 4.57 Å². The summed E-state index contributed by atoms with van der Waals surface area (Å²) in [6.07, 6.45) is -0.413. The number of carbonyl (C=O) groups is 5. The second kappa shape index (κ2) is 18.6. The summed E-state index contributed by atoms with van der Waals surface area (Å²) in [6.45, 7) is 2.09. The van der Waals surface area contributed by atoms with Crippen LogP contribution in [0.3, 0.4) is 0 Å². The van der Waals surface area contributed by atoms with Crippen LogP contribution in [0.1, 0.15) is 61.5 Å². The molecular weight excluding hydrogens is 953 g/mol. The number of fused-ring (bicyclic) bond motifs is 2. The normalized spacial score (nSPS) is 14.8. The predicted molar refractivity (Wildman–Crippen MR) is 251 cm³/mol. The number of amides is 4. The van der Waals surface area contributed by atoms with Crippen LogP contribution in [0.4, 0.5) is 5.69 Å². The predicted octanol–water partition coefficient (Wildman–Crippen LogP) is 3.39. The Labute approximate surface area is 397 Å². The summed E-state index contributed by atoms with van der Waals surface area (Å²) < 4.78 is 96.0. The molecule has 1 aromatic heterocycles. The smallest absolute Gasteiger partial charge is 0.303 e. The number of imide groups is 1. The van der Waals surface area contributed by atoms with Crippen molar-refractivity contribution in [3.63, 3.8) is 0 Å². The van der Waals surface area contributed by atoms with Crippen molar-refractivity contribution < 1.29 is 63.5 Å². The highest BCUT2D eigenvalue weighted by Gasteiger charge is 2.39. The van der Waals surface area contributed by atoms with Crippen LogP contribution in [-0.2, 0) is 46.3 Å². The summed E-state index contributed by atoms with van der Waals surface area (Å²) in [5.41, 5.74) is 7.73. The van der Waals surface area contributed by atoms with Crippen LogP contribution in [-0.4, -0.2) is 128 Å². The third-order valence-corrected chi connectivity index (χ3v) is 17.0. The maximum absolute atomic E-state index is 14.7. The number of carboxylic acids is 1. The van der Waals surface area contributed by atoms with Crippen molar-refractivity contribution in [2.24, 2.45) is 0 Å². The maximum Gasteiger partial charge on any atom is 0.303 e. The Kier molecular flexibility index (Phi) is 13.1. The molecule has 8 rings (SSSR count). The quantitative estimate of drug-likeness (QED) is 0.0491. The average Bonchev–Trinajstić information content (AvgIpc) is 3.30. The molecule has 1 saturated heterocycles. The minimum Gasteiger partial charge on any atom is -0.744 e. The number of sulfonamides is 2. The maximum atomic E-state index is 14.7. The summed E-state index contributed by atoms with van der Waals surface area (Å²) in [6, 6.07) is 23.4. The van der Waals surface area contributed by atoms with Gasteiger partial charge in [-0.25, -0.2) is 29.6 Å². The summed E-state index contributed by atoms with van der Waals surface area (Å²) in [7, 11) is -13.5. The topological polar surface area (TPSA) is 274 Å². The lowest BCUT2D eigenvalue weighted by Crippen LogP contribution is -2.54. The van der Waals surface area contributed by atoms with Crippen LogP contribution in [0.15, 0.2) is 101 Å². The molecule has 360 valence electrons. The van der Waals surface area contributed by atoms with E-state index in [9.17, 15) is 58.9 Å². The molecule has 0 atom stereocenters. The van der Waals surface area contributed by atoms with E-state index in [-0.39, 0.29) is 90.1 Å². The van der Waals surface area contributed by atoms with Gasteiger partial charge in [-0.05, 0) is 68.3 Å². The van der Waals surface area contributed by atoms with E-state index in [0.717, 1.165) is 11.6 Å². The number of hydrogen-bond acceptors (Lipinski definition) is 13. The molecule has 0 aliphatic carbocycles. The molecule has 2 aliphatic heterocycles. The van der Waals surface area contributed by atoms with E-state index in [0.29, 0.717) is 36.6 Å². The molecular formula is C47H46N6O13S3. The van der Waals surface area contributed by atoms with E-state index in [2.05, 4.69) is 0 Å². The fourth-order valence-electron chi connectivity index (χ4n) is 9.01. The Morgan fingerprint density at radius 2 is 1.33 bits per heavy atom. The minimum atomic E-state index is -5.14. The third kappa shape index (κ3) is 9.24. The number of aryl methyl sites for hydroxylation is 3. The van der Waals surface area contributed by atoms with Gasteiger partial charge >= 0.3 is 5.97 Å². The highest BCUT2D eigenvalue weighted by molar-refractivity contribution is 7.89. The number of nitrogens with zero attached hydrogens (tertiary/aromatic N) is 5. The molecule has 69 heavy (non-hydrogen) atoms. The molecule has 22 heteroatoms. The molecule has 3 heterocycles. The van der Waals surface area contributed by atoms with Gasteiger partial charge < -0.3 is 20.3 Å². The Morgan fingerprint density at radius 3 is 1.91 bits per heavy atom. The van der Waals surface area contributed by atoms with Gasteiger partial charge in [0.15, 0.2) is 6.54 Å². The largest absolute Gasteiger partial charge is 0.744 e. The third-order valence-electron chi connectivity index (χ3n) is 12.4. The van der Waals surface area contributed by atoms with E-state index < -0.39 is 83.4 Å². The number of carboxylic acid groups (broad SMARTS) is 1. The molecule has 3 N–H and O–H groups in total. The standard InChI is InChI=1S/C47H46N6O13S3/c1-29-14-16-31(17-15-29)68(62,63)53(19-7-13-41(55)56)47(59)43-32-9-3-5-11-37(32)51(38-12-6-4-10-33(38)43)18-8-24-67(60,61)50-22-20-49(21-23-50)40(54)28-52-45(57)35-26-30(2)25-34-42(35)36(46(52)58)27-39(44(34)48)69(64,65)66/h3-6,9-12,14-17,25-27H,7-8,13,18-24,28H2,1-2H3,(H3-,48,55,56,57,58,64,65,66). The number of hydrogen-bond donors (Lipinski definition) is 2. The average molecular weight is 999 g/mol. The number of aromatic nitrogens is 1.